The van der Waals surface area contributed by atoms with Gasteiger partial charge < -0.3 is 9.52 Å². The molecular formula is C19H20NO3P. The Balaban J connectivity index is 2.17. The molecule has 0 bridgehead atoms. The second-order valence-corrected chi connectivity index (χ2v) is 5.65. The van der Waals surface area contributed by atoms with E-state index in [4.69, 9.17) is 4.42 Å². The van der Waals surface area contributed by atoms with Crippen LogP contribution in [0.2, 0.25) is 0 Å². The fraction of sp³-hybridized carbons (Fsp3) is 0.158. The smallest absolute Gasteiger partial charge is 0.227 e. The molecule has 24 heavy (non-hydrogen) atoms. The molecular weight excluding hydrogens is 321 g/mol. The lowest BCUT2D eigenvalue weighted by Crippen LogP contribution is -2.03. The summed E-state index contributed by atoms with van der Waals surface area (Å²) in [4.78, 5) is 15.8. The van der Waals surface area contributed by atoms with Crippen molar-refractivity contribution in [1.29, 1.82) is 0 Å². The highest BCUT2D eigenvalue weighted by Gasteiger charge is 2.10. The number of aliphatic imine (C=N–C) groups is 1. The summed E-state index contributed by atoms with van der Waals surface area (Å²) in [6.07, 6.45) is 7.38. The second kappa shape index (κ2) is 8.42. The van der Waals surface area contributed by atoms with Crippen LogP contribution in [0.3, 0.4) is 0 Å². The average Bonchev–Trinajstić information content (AvgIpc) is 2.60. The quantitative estimate of drug-likeness (QED) is 0.505. The van der Waals surface area contributed by atoms with E-state index in [2.05, 4.69) is 26.4 Å². The average molecular weight is 341 g/mol. The molecule has 0 amide bonds. The zero-order valence-corrected chi connectivity index (χ0v) is 14.8. The van der Waals surface area contributed by atoms with Crippen molar-refractivity contribution in [1.82, 2.24) is 0 Å². The lowest BCUT2D eigenvalue weighted by atomic mass is 10.0. The van der Waals surface area contributed by atoms with E-state index in [1.165, 1.54) is 12.3 Å². The number of allylic oxidation sites excluding steroid dienone is 4. The van der Waals surface area contributed by atoms with Gasteiger partial charge in [0.2, 0.25) is 11.2 Å². The molecule has 4 nitrogen and oxygen atoms in total. The molecule has 1 aromatic carbocycles. The predicted octanol–water partition coefficient (Wildman–Crippen LogP) is 4.15. The van der Waals surface area contributed by atoms with Crippen molar-refractivity contribution in [2.24, 2.45) is 4.99 Å². The van der Waals surface area contributed by atoms with Crippen LogP contribution >= 0.6 is 9.24 Å². The summed E-state index contributed by atoms with van der Waals surface area (Å²) in [6.45, 7) is 4.42. The van der Waals surface area contributed by atoms with Gasteiger partial charge in [0.05, 0.1) is 18.3 Å². The van der Waals surface area contributed by atoms with Crippen molar-refractivity contribution in [3.63, 3.8) is 0 Å². The normalized spacial score (nSPS) is 12.8. The molecule has 0 saturated heterocycles. The van der Waals surface area contributed by atoms with Crippen molar-refractivity contribution in [3.05, 3.63) is 81.9 Å². The SMILES string of the molecule is C/C=C\C(=C/C)c1ccc(CN=C(P)c2occc(=O)c2O)cc1. The van der Waals surface area contributed by atoms with Crippen molar-refractivity contribution in [2.75, 3.05) is 0 Å². The maximum atomic E-state index is 11.4. The van der Waals surface area contributed by atoms with E-state index in [0.717, 1.165) is 16.7 Å². The highest BCUT2D eigenvalue weighted by Crippen LogP contribution is 2.19. The van der Waals surface area contributed by atoms with Crippen LogP contribution in [0.15, 0.2) is 69.0 Å². The second-order valence-electron chi connectivity index (χ2n) is 5.10. The zero-order valence-electron chi connectivity index (χ0n) is 13.7. The molecule has 0 aliphatic heterocycles. The monoisotopic (exact) mass is 341 g/mol. The summed E-state index contributed by atoms with van der Waals surface area (Å²) in [7, 11) is 2.39. The van der Waals surface area contributed by atoms with Crippen LogP contribution in [-0.4, -0.2) is 10.6 Å². The molecule has 0 fully saturated rings. The van der Waals surface area contributed by atoms with Crippen LogP contribution in [-0.2, 0) is 6.54 Å². The van der Waals surface area contributed by atoms with Gasteiger partial charge in [-0.3, -0.25) is 9.79 Å². The van der Waals surface area contributed by atoms with Crippen LogP contribution in [0, 0.1) is 0 Å². The maximum Gasteiger partial charge on any atom is 0.227 e. The van der Waals surface area contributed by atoms with Gasteiger partial charge in [0.25, 0.3) is 0 Å². The standard InChI is InChI=1S/C19H20NO3P/c1-3-5-14(4-2)15-8-6-13(7-9-15)12-20-19(24)18-17(22)16(21)10-11-23-18/h3-11,22H,12,24H2,1-2H3/b5-3-,14-4+,20-19?. The van der Waals surface area contributed by atoms with Gasteiger partial charge in [-0.15, -0.1) is 0 Å². The molecule has 0 radical (unpaired) electrons. The minimum atomic E-state index is -0.487. The molecule has 1 unspecified atom stereocenters. The van der Waals surface area contributed by atoms with Crippen LogP contribution in [0.4, 0.5) is 0 Å². The van der Waals surface area contributed by atoms with Gasteiger partial charge >= 0.3 is 0 Å². The minimum absolute atomic E-state index is 0.0772. The Labute approximate surface area is 143 Å². The van der Waals surface area contributed by atoms with Crippen LogP contribution in [0.5, 0.6) is 5.75 Å². The van der Waals surface area contributed by atoms with E-state index >= 15 is 0 Å². The number of nitrogens with zero attached hydrogens (tertiary/aromatic N) is 1. The molecule has 0 aliphatic carbocycles. The Kier molecular flexibility index (Phi) is 6.28. The first-order valence-corrected chi connectivity index (χ1v) is 8.14. The lowest BCUT2D eigenvalue weighted by Gasteiger charge is -2.05. The molecule has 2 aromatic rings. The Bertz CT molecular complexity index is 846. The summed E-state index contributed by atoms with van der Waals surface area (Å²) in [5.41, 5.74) is 3.24. The van der Waals surface area contributed by atoms with Crippen molar-refractivity contribution >= 4 is 20.3 Å². The number of aromatic hydroxyl groups is 1. The third kappa shape index (κ3) is 4.30. The van der Waals surface area contributed by atoms with Crippen molar-refractivity contribution in [3.8, 4) is 5.75 Å². The van der Waals surface area contributed by atoms with Gasteiger partial charge in [-0.2, -0.15) is 0 Å². The van der Waals surface area contributed by atoms with E-state index in [1.807, 2.05) is 44.2 Å². The molecule has 1 N–H and O–H groups in total. The fourth-order valence-electron chi connectivity index (χ4n) is 2.18. The van der Waals surface area contributed by atoms with Gasteiger partial charge in [0.15, 0.2) is 5.76 Å². The van der Waals surface area contributed by atoms with E-state index in [1.54, 1.807) is 0 Å². The van der Waals surface area contributed by atoms with Gasteiger partial charge in [0.1, 0.15) is 0 Å². The summed E-state index contributed by atoms with van der Waals surface area (Å²) in [5, 5.41) is 9.73. The first-order chi connectivity index (χ1) is 11.6. The van der Waals surface area contributed by atoms with E-state index in [0.29, 0.717) is 12.0 Å². The van der Waals surface area contributed by atoms with Crippen LogP contribution < -0.4 is 5.43 Å². The van der Waals surface area contributed by atoms with Crippen molar-refractivity contribution in [2.45, 2.75) is 20.4 Å². The molecule has 1 aromatic heterocycles. The van der Waals surface area contributed by atoms with E-state index in [-0.39, 0.29) is 5.76 Å². The summed E-state index contributed by atoms with van der Waals surface area (Å²) >= 11 is 0. The van der Waals surface area contributed by atoms with Crippen molar-refractivity contribution < 1.29 is 9.52 Å². The molecule has 124 valence electrons. The molecule has 5 heteroatoms. The summed E-state index contributed by atoms with van der Waals surface area (Å²) in [5.74, 6) is -0.348. The topological polar surface area (TPSA) is 62.8 Å². The first-order valence-electron chi connectivity index (χ1n) is 7.56. The van der Waals surface area contributed by atoms with Gasteiger partial charge in [-0.25, -0.2) is 0 Å². The molecule has 0 saturated carbocycles. The number of hydrogen-bond donors (Lipinski definition) is 1. The number of hydrogen-bond acceptors (Lipinski definition) is 4. The first kappa shape index (κ1) is 17.9. The Morgan fingerprint density at radius 2 is 1.96 bits per heavy atom. The summed E-state index contributed by atoms with van der Waals surface area (Å²) < 4.78 is 5.16. The van der Waals surface area contributed by atoms with Gasteiger partial charge in [0, 0.05) is 6.07 Å². The van der Waals surface area contributed by atoms with Gasteiger partial charge in [-0.05, 0) is 30.5 Å². The lowest BCUT2D eigenvalue weighted by molar-refractivity contribution is 0.425. The highest BCUT2D eigenvalue weighted by atomic mass is 31.0. The zero-order chi connectivity index (χ0) is 17.5. The number of rotatable bonds is 5. The minimum Gasteiger partial charge on any atom is -0.501 e. The van der Waals surface area contributed by atoms with Crippen LogP contribution in [0.25, 0.3) is 5.57 Å². The predicted molar refractivity (Wildman–Crippen MR) is 102 cm³/mol. The molecule has 1 atom stereocenters. The largest absolute Gasteiger partial charge is 0.501 e. The molecule has 1 heterocycles. The van der Waals surface area contributed by atoms with E-state index in [9.17, 15) is 9.90 Å². The Hall–Kier alpha value is -2.45. The summed E-state index contributed by atoms with van der Waals surface area (Å²) in [6, 6.07) is 9.26. The van der Waals surface area contributed by atoms with E-state index < -0.39 is 11.2 Å². The fourth-order valence-corrected chi connectivity index (χ4v) is 2.48. The molecule has 0 spiro atoms. The van der Waals surface area contributed by atoms with Gasteiger partial charge in [-0.1, -0.05) is 51.7 Å². The highest BCUT2D eigenvalue weighted by molar-refractivity contribution is 7.41. The maximum absolute atomic E-state index is 11.4. The molecule has 2 rings (SSSR count). The number of benzene rings is 1. The third-order valence-electron chi connectivity index (χ3n) is 3.46. The molecule has 0 aliphatic rings. The third-order valence-corrected chi connectivity index (χ3v) is 3.91. The Morgan fingerprint density at radius 3 is 2.58 bits per heavy atom. The van der Waals surface area contributed by atoms with Crippen LogP contribution in [0.1, 0.15) is 30.7 Å². The Morgan fingerprint density at radius 1 is 1.25 bits per heavy atom.